The molecule has 0 aliphatic carbocycles. The van der Waals surface area contributed by atoms with Crippen molar-refractivity contribution in [2.75, 3.05) is 0 Å². The van der Waals surface area contributed by atoms with Crippen molar-refractivity contribution in [1.29, 1.82) is 0 Å². The minimum atomic E-state index is -5.17. The van der Waals surface area contributed by atoms with E-state index in [1.54, 1.807) is 6.92 Å². The molecule has 0 heterocycles. The van der Waals surface area contributed by atoms with Crippen LogP contribution in [0.3, 0.4) is 0 Å². The molecular formula is C2H5O4RuS. The average molecular weight is 226 g/mol. The predicted molar refractivity (Wildman–Crippen MR) is 21.5 cm³/mol. The third-order valence-electron chi connectivity index (χ3n) is 0. The second-order valence-corrected chi connectivity index (χ2v) is 1.22. The maximum atomic E-state index is 8.52. The van der Waals surface area contributed by atoms with E-state index in [0.717, 1.165) is 0 Å². The molecule has 0 amide bonds. The summed E-state index contributed by atoms with van der Waals surface area (Å²) in [5.74, 6) is 0. The Labute approximate surface area is 61.6 Å². The summed E-state index contributed by atoms with van der Waals surface area (Å²) < 4.78 is 34.1. The molecule has 0 aliphatic heterocycles. The fourth-order valence-electron chi connectivity index (χ4n) is 0. The molecule has 0 unspecified atom stereocenters. The fraction of sp³-hybridized carbons (Fsp3) is 0.500. The van der Waals surface area contributed by atoms with Crippen LogP contribution in [0.1, 0.15) is 6.92 Å². The first-order valence-electron chi connectivity index (χ1n) is 1.37. The molecule has 0 atom stereocenters. The maximum absolute atomic E-state index is 8.52. The molecule has 0 rings (SSSR count). The van der Waals surface area contributed by atoms with Gasteiger partial charge in [-0.3, -0.25) is 8.42 Å². The predicted octanol–water partition coefficient (Wildman–Crippen LogP) is -0.500. The van der Waals surface area contributed by atoms with E-state index in [0.29, 0.717) is 0 Å². The molecule has 51 valence electrons. The van der Waals surface area contributed by atoms with Crippen LogP contribution in [0.5, 0.6) is 0 Å². The van der Waals surface area contributed by atoms with E-state index >= 15 is 0 Å². The zero-order chi connectivity index (χ0) is 6.50. The molecule has 0 fully saturated rings. The van der Waals surface area contributed by atoms with Gasteiger partial charge in [0, 0.05) is 10.4 Å². The molecule has 0 saturated carbocycles. The summed E-state index contributed by atoms with van der Waals surface area (Å²) in [6, 6.07) is 0. The standard InChI is InChI=1S/C2H5.H2O4S.Ru/c1-2;1-5(2,3)4;/h1H2,2H3;(H2,1,2,3,4);/q-1;;+3/p-2. The third kappa shape index (κ3) is 805. The molecule has 8 heavy (non-hydrogen) atoms. The summed E-state index contributed by atoms with van der Waals surface area (Å²) in [6.45, 7) is 5.00. The fourth-order valence-corrected chi connectivity index (χ4v) is 0. The van der Waals surface area contributed by atoms with E-state index in [-0.39, 0.29) is 19.5 Å². The molecule has 0 bridgehead atoms. The molecule has 0 aromatic rings. The first-order valence-corrected chi connectivity index (χ1v) is 2.71. The Morgan fingerprint density at radius 2 is 1.25 bits per heavy atom. The normalized spacial score (nSPS) is 8.00. The second-order valence-electron chi connectivity index (χ2n) is 0.408. The van der Waals surface area contributed by atoms with Crippen LogP contribution in [0.25, 0.3) is 0 Å². The summed E-state index contributed by atoms with van der Waals surface area (Å²) in [7, 11) is -5.17. The van der Waals surface area contributed by atoms with Gasteiger partial charge in [-0.2, -0.15) is 6.92 Å². The van der Waals surface area contributed by atoms with Crippen LogP contribution in [0.15, 0.2) is 0 Å². The van der Waals surface area contributed by atoms with Gasteiger partial charge < -0.3 is 16.0 Å². The molecule has 1 radical (unpaired) electrons. The molecule has 4 nitrogen and oxygen atoms in total. The van der Waals surface area contributed by atoms with Crippen LogP contribution in [0.2, 0.25) is 0 Å². The van der Waals surface area contributed by atoms with E-state index in [1.807, 2.05) is 0 Å². The monoisotopic (exact) mass is 227 g/mol. The van der Waals surface area contributed by atoms with Crippen LogP contribution in [-0.2, 0) is 29.9 Å². The van der Waals surface area contributed by atoms with Gasteiger partial charge >= 0.3 is 19.5 Å². The van der Waals surface area contributed by atoms with Gasteiger partial charge in [-0.25, -0.2) is 0 Å². The molecule has 0 aromatic heterocycles. The van der Waals surface area contributed by atoms with Gasteiger partial charge in [0.15, 0.2) is 0 Å². The molecule has 0 spiro atoms. The van der Waals surface area contributed by atoms with Crippen LogP contribution in [0.4, 0.5) is 0 Å². The molecular weight excluding hydrogens is 221 g/mol. The van der Waals surface area contributed by atoms with E-state index in [9.17, 15) is 0 Å². The van der Waals surface area contributed by atoms with Crippen LogP contribution in [-0.4, -0.2) is 17.5 Å². The van der Waals surface area contributed by atoms with Gasteiger partial charge in [0.1, 0.15) is 0 Å². The topological polar surface area (TPSA) is 80.3 Å². The minimum absolute atomic E-state index is 0. The Bertz CT molecular complexity index is 97.2. The Balaban J connectivity index is -0.0000000750. The summed E-state index contributed by atoms with van der Waals surface area (Å²) in [4.78, 5) is 0. The molecule has 6 heteroatoms. The zero-order valence-corrected chi connectivity index (χ0v) is 6.66. The van der Waals surface area contributed by atoms with Crippen LogP contribution >= 0.6 is 0 Å². The Kier molecular flexibility index (Phi) is 14.8. The van der Waals surface area contributed by atoms with E-state index in [1.165, 1.54) is 0 Å². The van der Waals surface area contributed by atoms with Crippen molar-refractivity contribution in [3.63, 3.8) is 0 Å². The molecule has 0 saturated heterocycles. The van der Waals surface area contributed by atoms with E-state index in [4.69, 9.17) is 17.5 Å². The smallest absolute Gasteiger partial charge is 0.759 e. The SMILES string of the molecule is O=S(=O)([O-])[O-].[CH2-]C.[Ru+3]. The summed E-state index contributed by atoms with van der Waals surface area (Å²) >= 11 is 0. The summed E-state index contributed by atoms with van der Waals surface area (Å²) in [5, 5.41) is 0. The van der Waals surface area contributed by atoms with Crippen LogP contribution < -0.4 is 0 Å². The number of hydrogen-bond donors (Lipinski definition) is 0. The Morgan fingerprint density at radius 3 is 1.25 bits per heavy atom. The van der Waals surface area contributed by atoms with Gasteiger partial charge in [0.05, 0.1) is 0 Å². The van der Waals surface area contributed by atoms with E-state index < -0.39 is 10.4 Å². The van der Waals surface area contributed by atoms with Gasteiger partial charge in [0.25, 0.3) is 0 Å². The minimum Gasteiger partial charge on any atom is -0.759 e. The van der Waals surface area contributed by atoms with Gasteiger partial charge in [-0.05, 0) is 0 Å². The largest absolute Gasteiger partial charge is 3.00 e. The summed E-state index contributed by atoms with van der Waals surface area (Å²) in [6.07, 6.45) is 0. The van der Waals surface area contributed by atoms with E-state index in [2.05, 4.69) is 6.92 Å². The average Bonchev–Trinajstić information content (AvgIpc) is 1.36. The third-order valence-corrected chi connectivity index (χ3v) is 0. The van der Waals surface area contributed by atoms with Crippen molar-refractivity contribution >= 4 is 10.4 Å². The van der Waals surface area contributed by atoms with Gasteiger partial charge in [0.2, 0.25) is 0 Å². The zero-order valence-electron chi connectivity index (χ0n) is 4.10. The van der Waals surface area contributed by atoms with Crippen molar-refractivity contribution < 1.29 is 37.0 Å². The van der Waals surface area contributed by atoms with Gasteiger partial charge in [-0.15, -0.1) is 0 Å². The first-order chi connectivity index (χ1) is 3.00. The van der Waals surface area contributed by atoms with Crippen molar-refractivity contribution in [3.05, 3.63) is 6.92 Å². The van der Waals surface area contributed by atoms with Crippen molar-refractivity contribution in [1.82, 2.24) is 0 Å². The van der Waals surface area contributed by atoms with Crippen molar-refractivity contribution in [3.8, 4) is 0 Å². The quantitative estimate of drug-likeness (QED) is 0.241. The number of rotatable bonds is 0. The second kappa shape index (κ2) is 7.49. The van der Waals surface area contributed by atoms with Gasteiger partial charge in [-0.1, -0.05) is 0 Å². The van der Waals surface area contributed by atoms with Crippen molar-refractivity contribution in [2.45, 2.75) is 6.92 Å². The molecule has 0 aromatic carbocycles. The summed E-state index contributed by atoms with van der Waals surface area (Å²) in [5.41, 5.74) is 0. The molecule has 0 aliphatic rings. The Hall–Kier alpha value is 0.493. The maximum Gasteiger partial charge on any atom is 3.00 e. The van der Waals surface area contributed by atoms with Crippen molar-refractivity contribution in [2.24, 2.45) is 0 Å². The molecule has 0 N–H and O–H groups in total. The van der Waals surface area contributed by atoms with Crippen LogP contribution in [0, 0.1) is 6.92 Å². The Morgan fingerprint density at radius 1 is 1.25 bits per heavy atom. The first kappa shape index (κ1) is 15.8. The number of hydrogen-bond acceptors (Lipinski definition) is 4.